The molecule has 2 rings (SSSR count). The predicted octanol–water partition coefficient (Wildman–Crippen LogP) is 2.05. The van der Waals surface area contributed by atoms with Crippen LogP contribution in [0, 0.1) is 0 Å². The lowest BCUT2D eigenvalue weighted by Gasteiger charge is -2.31. The maximum Gasteiger partial charge on any atom is 0.435 e. The number of aliphatic hydroxyl groups is 1. The van der Waals surface area contributed by atoms with Gasteiger partial charge in [0.25, 0.3) is 0 Å². The number of hydrogen-bond donors (Lipinski definition) is 1. The lowest BCUT2D eigenvalue weighted by atomic mass is 9.86. The summed E-state index contributed by atoms with van der Waals surface area (Å²) in [5, 5.41) is 13.6. The van der Waals surface area contributed by atoms with E-state index in [2.05, 4.69) is 5.10 Å². The standard InChI is InChI=1S/C13H19F3N2O3S/c1-18-10(7-11(17-18)13(14,15)16)8-22(20,21)9-12(19)5-3-2-4-6-12/h7,19H,2-6,8-9H2,1H3. The van der Waals surface area contributed by atoms with Crippen molar-refractivity contribution in [2.75, 3.05) is 5.75 Å². The van der Waals surface area contributed by atoms with Gasteiger partial charge in [0.05, 0.1) is 22.8 Å². The first-order chi connectivity index (χ1) is 10.0. The van der Waals surface area contributed by atoms with Crippen LogP contribution >= 0.6 is 0 Å². The molecule has 0 aromatic carbocycles. The third-order valence-electron chi connectivity index (χ3n) is 3.91. The van der Waals surface area contributed by atoms with E-state index in [-0.39, 0.29) is 5.69 Å². The highest BCUT2D eigenvalue weighted by Gasteiger charge is 2.37. The SMILES string of the molecule is Cn1nc(C(F)(F)F)cc1CS(=O)(=O)CC1(O)CCCCC1. The van der Waals surface area contributed by atoms with Crippen LogP contribution in [-0.2, 0) is 28.8 Å². The number of aromatic nitrogens is 2. The Labute approximate surface area is 127 Å². The van der Waals surface area contributed by atoms with Gasteiger partial charge >= 0.3 is 6.18 Å². The van der Waals surface area contributed by atoms with Gasteiger partial charge in [0.1, 0.15) is 0 Å². The van der Waals surface area contributed by atoms with E-state index in [0.717, 1.165) is 30.0 Å². The van der Waals surface area contributed by atoms with E-state index in [1.807, 2.05) is 0 Å². The number of hydrogen-bond acceptors (Lipinski definition) is 4. The molecule has 0 bridgehead atoms. The molecule has 1 saturated carbocycles. The average Bonchev–Trinajstić information content (AvgIpc) is 2.69. The summed E-state index contributed by atoms with van der Waals surface area (Å²) in [4.78, 5) is 0. The first-order valence-corrected chi connectivity index (χ1v) is 8.86. The highest BCUT2D eigenvalue weighted by molar-refractivity contribution is 7.90. The Balaban J connectivity index is 2.13. The summed E-state index contributed by atoms with van der Waals surface area (Å²) in [6.07, 6.45) is -1.32. The van der Waals surface area contributed by atoms with E-state index in [0.29, 0.717) is 12.8 Å². The van der Waals surface area contributed by atoms with Crippen LogP contribution in [0.5, 0.6) is 0 Å². The van der Waals surface area contributed by atoms with Crippen molar-refractivity contribution in [3.05, 3.63) is 17.5 Å². The molecular weight excluding hydrogens is 321 g/mol. The van der Waals surface area contributed by atoms with Gasteiger partial charge in [-0.3, -0.25) is 4.68 Å². The van der Waals surface area contributed by atoms with Crippen molar-refractivity contribution in [1.29, 1.82) is 0 Å². The number of halogens is 3. The molecule has 0 saturated heterocycles. The van der Waals surface area contributed by atoms with Crippen LogP contribution < -0.4 is 0 Å². The summed E-state index contributed by atoms with van der Waals surface area (Å²) in [6.45, 7) is 0. The average molecular weight is 340 g/mol. The molecule has 22 heavy (non-hydrogen) atoms. The molecule has 1 aromatic heterocycles. The fourth-order valence-corrected chi connectivity index (χ4v) is 4.75. The van der Waals surface area contributed by atoms with Gasteiger partial charge in [0.15, 0.2) is 15.5 Å². The van der Waals surface area contributed by atoms with E-state index >= 15 is 0 Å². The molecule has 1 N–H and O–H groups in total. The molecule has 5 nitrogen and oxygen atoms in total. The first-order valence-electron chi connectivity index (χ1n) is 7.04. The van der Waals surface area contributed by atoms with E-state index in [9.17, 15) is 26.7 Å². The van der Waals surface area contributed by atoms with E-state index in [1.54, 1.807) is 0 Å². The minimum Gasteiger partial charge on any atom is -0.389 e. The summed E-state index contributed by atoms with van der Waals surface area (Å²) in [7, 11) is -2.45. The Morgan fingerprint density at radius 2 is 1.91 bits per heavy atom. The van der Waals surface area contributed by atoms with Crippen LogP contribution in [0.3, 0.4) is 0 Å². The molecule has 9 heteroatoms. The summed E-state index contributed by atoms with van der Waals surface area (Å²) >= 11 is 0. The van der Waals surface area contributed by atoms with Crippen molar-refractivity contribution >= 4 is 9.84 Å². The second kappa shape index (κ2) is 5.84. The quantitative estimate of drug-likeness (QED) is 0.910. The molecule has 0 atom stereocenters. The van der Waals surface area contributed by atoms with Crippen molar-refractivity contribution in [2.45, 2.75) is 49.6 Å². The van der Waals surface area contributed by atoms with Gasteiger partial charge in [-0.2, -0.15) is 18.3 Å². The number of aryl methyl sites for hydroxylation is 1. The van der Waals surface area contributed by atoms with Gasteiger partial charge in [-0.05, 0) is 18.9 Å². The highest BCUT2D eigenvalue weighted by Crippen LogP contribution is 2.31. The largest absolute Gasteiger partial charge is 0.435 e. The fraction of sp³-hybridized carbons (Fsp3) is 0.769. The van der Waals surface area contributed by atoms with Crippen molar-refractivity contribution in [1.82, 2.24) is 9.78 Å². The van der Waals surface area contributed by atoms with Crippen LogP contribution in [0.2, 0.25) is 0 Å². The van der Waals surface area contributed by atoms with Crippen LogP contribution in [0.25, 0.3) is 0 Å². The Bertz CT molecular complexity index is 631. The summed E-state index contributed by atoms with van der Waals surface area (Å²) in [5.74, 6) is -0.985. The summed E-state index contributed by atoms with van der Waals surface area (Å²) in [6, 6.07) is 0.739. The zero-order valence-corrected chi connectivity index (χ0v) is 13.0. The number of alkyl halides is 3. The van der Waals surface area contributed by atoms with Gasteiger partial charge in [0, 0.05) is 7.05 Å². The van der Waals surface area contributed by atoms with E-state index < -0.39 is 38.8 Å². The second-order valence-corrected chi connectivity index (χ2v) is 8.02. The molecule has 0 aliphatic heterocycles. The maximum absolute atomic E-state index is 12.6. The van der Waals surface area contributed by atoms with E-state index in [1.165, 1.54) is 7.05 Å². The van der Waals surface area contributed by atoms with Crippen molar-refractivity contribution < 1.29 is 26.7 Å². The Morgan fingerprint density at radius 1 is 1.32 bits per heavy atom. The van der Waals surface area contributed by atoms with Crippen molar-refractivity contribution in [3.8, 4) is 0 Å². The molecule has 126 valence electrons. The smallest absolute Gasteiger partial charge is 0.389 e. The monoisotopic (exact) mass is 340 g/mol. The van der Waals surface area contributed by atoms with Crippen molar-refractivity contribution in [3.63, 3.8) is 0 Å². The van der Waals surface area contributed by atoms with Crippen LogP contribution in [0.4, 0.5) is 13.2 Å². The van der Waals surface area contributed by atoms with Gasteiger partial charge < -0.3 is 5.11 Å². The van der Waals surface area contributed by atoms with Crippen LogP contribution in [0.1, 0.15) is 43.5 Å². The minimum atomic E-state index is -4.61. The van der Waals surface area contributed by atoms with Crippen molar-refractivity contribution in [2.24, 2.45) is 7.05 Å². The topological polar surface area (TPSA) is 72.2 Å². The van der Waals surface area contributed by atoms with Crippen LogP contribution in [-0.4, -0.2) is 34.7 Å². The Kier molecular flexibility index (Phi) is 4.59. The van der Waals surface area contributed by atoms with Gasteiger partial charge in [-0.15, -0.1) is 0 Å². The predicted molar refractivity (Wildman–Crippen MR) is 73.7 cm³/mol. The van der Waals surface area contributed by atoms with Gasteiger partial charge in [-0.25, -0.2) is 8.42 Å². The molecule has 1 aliphatic rings. The molecule has 0 amide bonds. The Hall–Kier alpha value is -1.09. The van der Waals surface area contributed by atoms with E-state index in [4.69, 9.17) is 0 Å². The molecule has 1 fully saturated rings. The number of sulfone groups is 1. The summed E-state index contributed by atoms with van der Waals surface area (Å²) < 4.78 is 63.1. The zero-order valence-electron chi connectivity index (χ0n) is 12.2. The lowest BCUT2D eigenvalue weighted by Crippen LogP contribution is -2.39. The molecule has 1 heterocycles. The number of nitrogens with zero attached hydrogens (tertiary/aromatic N) is 2. The minimum absolute atomic E-state index is 0.0354. The van der Waals surface area contributed by atoms with Gasteiger partial charge in [-0.1, -0.05) is 19.3 Å². The normalized spacial score (nSPS) is 19.3. The highest BCUT2D eigenvalue weighted by atomic mass is 32.2. The fourth-order valence-electron chi connectivity index (χ4n) is 2.82. The first kappa shape index (κ1) is 17.3. The molecule has 0 spiro atoms. The zero-order chi connectivity index (χ0) is 16.6. The summed E-state index contributed by atoms with van der Waals surface area (Å²) in [5.41, 5.74) is -2.41. The second-order valence-electron chi connectivity index (χ2n) is 5.96. The molecule has 0 unspecified atom stereocenters. The third kappa shape index (κ3) is 4.22. The Morgan fingerprint density at radius 3 is 2.41 bits per heavy atom. The molecular formula is C13H19F3N2O3S. The molecule has 0 radical (unpaired) electrons. The van der Waals surface area contributed by atoms with Gasteiger partial charge in [0.2, 0.25) is 0 Å². The molecule has 1 aromatic rings. The number of rotatable bonds is 4. The third-order valence-corrected chi connectivity index (χ3v) is 5.62. The lowest BCUT2D eigenvalue weighted by molar-refractivity contribution is -0.141. The maximum atomic E-state index is 12.6. The van der Waals surface area contributed by atoms with Crippen LogP contribution in [0.15, 0.2) is 6.07 Å². The molecule has 1 aliphatic carbocycles.